The highest BCUT2D eigenvalue weighted by Crippen LogP contribution is 2.31. The molecule has 5 nitrogen and oxygen atoms in total. The van der Waals surface area contributed by atoms with Crippen molar-refractivity contribution in [3.05, 3.63) is 35.8 Å². The average molecular weight is 260 g/mol. The van der Waals surface area contributed by atoms with Gasteiger partial charge in [0.25, 0.3) is 0 Å². The summed E-state index contributed by atoms with van der Waals surface area (Å²) in [6, 6.07) is 5.57. The number of ether oxygens (including phenoxy) is 1. The number of imidazole rings is 1. The minimum Gasteiger partial charge on any atom is -0.496 e. The maximum absolute atomic E-state index is 11.1. The van der Waals surface area contributed by atoms with Gasteiger partial charge in [0.1, 0.15) is 11.4 Å². The molecule has 0 unspecified atom stereocenters. The van der Waals surface area contributed by atoms with E-state index in [1.165, 1.54) is 6.33 Å². The van der Waals surface area contributed by atoms with Gasteiger partial charge in [-0.3, -0.25) is 0 Å². The molecule has 0 spiro atoms. The number of carboxylic acid groups (broad SMARTS) is 1. The van der Waals surface area contributed by atoms with Crippen LogP contribution in [0.15, 0.2) is 24.5 Å². The summed E-state index contributed by atoms with van der Waals surface area (Å²) >= 11 is 0. The number of nitrogens with one attached hydrogen (secondary N) is 1. The van der Waals surface area contributed by atoms with Gasteiger partial charge < -0.3 is 14.8 Å². The standard InChI is InChI=1S/C14H16N2O3/c1-8(2)10-6-9(4-5-11(10)19-3)12-13(14(17)18)16-7-15-12/h4-8H,1-3H3,(H,15,16)(H,17,18). The third-order valence-corrected chi connectivity index (χ3v) is 2.98. The van der Waals surface area contributed by atoms with Crippen molar-refractivity contribution in [2.24, 2.45) is 0 Å². The lowest BCUT2D eigenvalue weighted by Crippen LogP contribution is -2.00. The van der Waals surface area contributed by atoms with Crippen LogP contribution in [-0.4, -0.2) is 28.2 Å². The fourth-order valence-corrected chi connectivity index (χ4v) is 2.01. The van der Waals surface area contributed by atoms with E-state index >= 15 is 0 Å². The van der Waals surface area contributed by atoms with Gasteiger partial charge in [0.15, 0.2) is 5.69 Å². The topological polar surface area (TPSA) is 75.2 Å². The number of nitrogens with zero attached hydrogens (tertiary/aromatic N) is 1. The van der Waals surface area contributed by atoms with Gasteiger partial charge in [0, 0.05) is 5.56 Å². The molecule has 5 heteroatoms. The van der Waals surface area contributed by atoms with Crippen LogP contribution in [0.25, 0.3) is 11.3 Å². The van der Waals surface area contributed by atoms with Gasteiger partial charge in [-0.2, -0.15) is 0 Å². The summed E-state index contributed by atoms with van der Waals surface area (Å²) in [4.78, 5) is 17.8. The van der Waals surface area contributed by atoms with E-state index in [2.05, 4.69) is 23.8 Å². The number of hydrogen-bond acceptors (Lipinski definition) is 3. The molecule has 0 aliphatic heterocycles. The van der Waals surface area contributed by atoms with E-state index in [0.29, 0.717) is 5.69 Å². The first-order valence-corrected chi connectivity index (χ1v) is 5.99. The highest BCUT2D eigenvalue weighted by molar-refractivity contribution is 5.92. The number of aromatic nitrogens is 2. The van der Waals surface area contributed by atoms with Gasteiger partial charge in [-0.15, -0.1) is 0 Å². The number of hydrogen-bond donors (Lipinski definition) is 2. The second-order valence-corrected chi connectivity index (χ2v) is 4.54. The molecule has 0 fully saturated rings. The summed E-state index contributed by atoms with van der Waals surface area (Å²) in [5, 5.41) is 9.10. The molecule has 0 amide bonds. The Kier molecular flexibility index (Phi) is 3.55. The first-order chi connectivity index (χ1) is 9.04. The van der Waals surface area contributed by atoms with Crippen LogP contribution >= 0.6 is 0 Å². The molecular formula is C14H16N2O3. The number of carbonyl (C=O) groups is 1. The van der Waals surface area contributed by atoms with E-state index in [1.807, 2.05) is 18.2 Å². The lowest BCUT2D eigenvalue weighted by molar-refractivity contribution is 0.0692. The van der Waals surface area contributed by atoms with Crippen molar-refractivity contribution in [3.63, 3.8) is 0 Å². The number of aromatic amines is 1. The quantitative estimate of drug-likeness (QED) is 0.886. The third kappa shape index (κ3) is 2.45. The molecule has 0 bridgehead atoms. The fourth-order valence-electron chi connectivity index (χ4n) is 2.01. The smallest absolute Gasteiger partial charge is 0.354 e. The minimum absolute atomic E-state index is 0.0971. The van der Waals surface area contributed by atoms with Gasteiger partial charge in [-0.25, -0.2) is 9.78 Å². The number of aromatic carboxylic acids is 1. The normalized spacial score (nSPS) is 10.7. The molecule has 2 N–H and O–H groups in total. The molecule has 0 saturated carbocycles. The van der Waals surface area contributed by atoms with E-state index in [-0.39, 0.29) is 11.6 Å². The summed E-state index contributed by atoms with van der Waals surface area (Å²) < 4.78 is 5.31. The SMILES string of the molecule is COc1ccc(-c2nc[nH]c2C(=O)O)cc1C(C)C. The highest BCUT2D eigenvalue weighted by Gasteiger charge is 2.16. The fraction of sp³-hybridized carbons (Fsp3) is 0.286. The Hall–Kier alpha value is -2.30. The van der Waals surface area contributed by atoms with Crippen molar-refractivity contribution < 1.29 is 14.6 Å². The van der Waals surface area contributed by atoms with Gasteiger partial charge >= 0.3 is 5.97 Å². The lowest BCUT2D eigenvalue weighted by atomic mass is 9.98. The van der Waals surface area contributed by atoms with Crippen LogP contribution in [0.2, 0.25) is 0 Å². The van der Waals surface area contributed by atoms with Gasteiger partial charge in [-0.05, 0) is 29.7 Å². The number of carboxylic acids is 1. The number of rotatable bonds is 4. The van der Waals surface area contributed by atoms with Crippen LogP contribution in [0.3, 0.4) is 0 Å². The Morgan fingerprint density at radius 3 is 2.74 bits per heavy atom. The van der Waals surface area contributed by atoms with Crippen molar-refractivity contribution >= 4 is 5.97 Å². The zero-order chi connectivity index (χ0) is 14.0. The molecule has 0 saturated heterocycles. The first-order valence-electron chi connectivity index (χ1n) is 5.99. The summed E-state index contributed by atoms with van der Waals surface area (Å²) in [5.74, 6) is 0.0581. The zero-order valence-electron chi connectivity index (χ0n) is 11.1. The molecule has 0 aliphatic rings. The summed E-state index contributed by atoms with van der Waals surface area (Å²) in [7, 11) is 1.62. The zero-order valence-corrected chi connectivity index (χ0v) is 11.1. The molecule has 0 atom stereocenters. The monoisotopic (exact) mass is 260 g/mol. The molecule has 0 aliphatic carbocycles. The van der Waals surface area contributed by atoms with Gasteiger partial charge in [-0.1, -0.05) is 13.8 Å². The molecule has 0 radical (unpaired) electrons. The molecule has 1 aromatic heterocycles. The van der Waals surface area contributed by atoms with Gasteiger partial charge in [0.2, 0.25) is 0 Å². The summed E-state index contributed by atoms with van der Waals surface area (Å²) in [6.07, 6.45) is 1.39. The predicted molar refractivity (Wildman–Crippen MR) is 71.6 cm³/mol. The van der Waals surface area contributed by atoms with Crippen LogP contribution in [0, 0.1) is 0 Å². The third-order valence-electron chi connectivity index (χ3n) is 2.98. The van der Waals surface area contributed by atoms with Crippen molar-refractivity contribution in [1.29, 1.82) is 0 Å². The Morgan fingerprint density at radius 2 is 2.16 bits per heavy atom. The van der Waals surface area contributed by atoms with E-state index in [1.54, 1.807) is 7.11 Å². The van der Waals surface area contributed by atoms with Crippen LogP contribution in [0.4, 0.5) is 0 Å². The molecule has 1 heterocycles. The Bertz CT molecular complexity index is 602. The maximum Gasteiger partial charge on any atom is 0.354 e. The highest BCUT2D eigenvalue weighted by atomic mass is 16.5. The molecule has 19 heavy (non-hydrogen) atoms. The Balaban J connectivity index is 2.54. The molecular weight excluding hydrogens is 244 g/mol. The van der Waals surface area contributed by atoms with E-state index in [9.17, 15) is 4.79 Å². The lowest BCUT2D eigenvalue weighted by Gasteiger charge is -2.13. The van der Waals surface area contributed by atoms with Crippen molar-refractivity contribution in [1.82, 2.24) is 9.97 Å². The van der Waals surface area contributed by atoms with Crippen LogP contribution < -0.4 is 4.74 Å². The molecule has 2 aromatic rings. The molecule has 2 rings (SSSR count). The first kappa shape index (κ1) is 13.1. The van der Waals surface area contributed by atoms with E-state index in [4.69, 9.17) is 9.84 Å². The summed E-state index contributed by atoms with van der Waals surface area (Å²) in [6.45, 7) is 4.12. The maximum atomic E-state index is 11.1. The van der Waals surface area contributed by atoms with Crippen LogP contribution in [0.5, 0.6) is 5.75 Å². The largest absolute Gasteiger partial charge is 0.496 e. The second-order valence-electron chi connectivity index (χ2n) is 4.54. The minimum atomic E-state index is -1.02. The van der Waals surface area contributed by atoms with Crippen LogP contribution in [-0.2, 0) is 0 Å². The Morgan fingerprint density at radius 1 is 1.42 bits per heavy atom. The second kappa shape index (κ2) is 5.14. The predicted octanol–water partition coefficient (Wildman–Crippen LogP) is 2.91. The number of H-pyrrole nitrogens is 1. The molecule has 100 valence electrons. The van der Waals surface area contributed by atoms with E-state index in [0.717, 1.165) is 16.9 Å². The van der Waals surface area contributed by atoms with Crippen molar-refractivity contribution in [3.8, 4) is 17.0 Å². The average Bonchev–Trinajstić information content (AvgIpc) is 2.87. The number of benzene rings is 1. The molecule has 1 aromatic carbocycles. The van der Waals surface area contributed by atoms with Crippen LogP contribution in [0.1, 0.15) is 35.8 Å². The number of methoxy groups -OCH3 is 1. The van der Waals surface area contributed by atoms with Crippen molar-refractivity contribution in [2.45, 2.75) is 19.8 Å². The Labute approximate surface area is 111 Å². The van der Waals surface area contributed by atoms with Gasteiger partial charge in [0.05, 0.1) is 13.4 Å². The summed E-state index contributed by atoms with van der Waals surface area (Å²) in [5.41, 5.74) is 2.33. The van der Waals surface area contributed by atoms with E-state index < -0.39 is 5.97 Å². The van der Waals surface area contributed by atoms with Crippen molar-refractivity contribution in [2.75, 3.05) is 7.11 Å².